The minimum atomic E-state index is -0.760. The molecule has 1 aromatic heterocycles. The number of carbonyl (C=O) groups excluding carboxylic acids is 1. The molecule has 28 heavy (non-hydrogen) atoms. The first-order valence-electron chi connectivity index (χ1n) is 9.21. The molecule has 3 aromatic rings. The molecular formula is C23H24O5. The molecule has 0 N–H and O–H groups in total. The molecule has 0 saturated heterocycles. The Kier molecular flexibility index (Phi) is 5.27. The molecule has 5 nitrogen and oxygen atoms in total. The maximum absolute atomic E-state index is 13.2. The number of ether oxygens (including phenoxy) is 2. The Morgan fingerprint density at radius 3 is 2.32 bits per heavy atom. The number of hydrogen-bond acceptors (Lipinski definition) is 5. The van der Waals surface area contributed by atoms with E-state index in [9.17, 15) is 9.59 Å². The number of benzene rings is 2. The second-order valence-corrected chi connectivity index (χ2v) is 7.64. The van der Waals surface area contributed by atoms with Gasteiger partial charge in [-0.3, -0.25) is 9.59 Å². The molecule has 2 aromatic carbocycles. The van der Waals surface area contributed by atoms with Gasteiger partial charge >= 0.3 is 5.97 Å². The molecule has 1 heterocycles. The van der Waals surface area contributed by atoms with Gasteiger partial charge in [0.25, 0.3) is 0 Å². The van der Waals surface area contributed by atoms with Gasteiger partial charge in [0, 0.05) is 5.56 Å². The zero-order valence-electron chi connectivity index (χ0n) is 16.8. The minimum Gasteiger partial charge on any atom is -0.497 e. The number of methoxy groups -OCH3 is 1. The Balaban J connectivity index is 2.25. The standard InChI is InChI=1S/C23H24O5/c1-6-14-7-12-18-17(13-14)19(24)21(28-22(25)23(2,3)4)20(27-18)15-8-10-16(26-5)11-9-15/h7-13H,6H2,1-5H3. The number of rotatable bonds is 4. The molecule has 0 atom stereocenters. The Bertz CT molecular complexity index is 1070. The van der Waals surface area contributed by atoms with Crippen molar-refractivity contribution in [1.29, 1.82) is 0 Å². The van der Waals surface area contributed by atoms with Gasteiger partial charge in [-0.15, -0.1) is 0 Å². The van der Waals surface area contributed by atoms with Crippen molar-refractivity contribution < 1.29 is 18.7 Å². The lowest BCUT2D eigenvalue weighted by Crippen LogP contribution is -2.28. The van der Waals surface area contributed by atoms with Gasteiger partial charge in [-0.05, 0) is 69.2 Å². The molecule has 0 amide bonds. The highest BCUT2D eigenvalue weighted by Gasteiger charge is 2.28. The lowest BCUT2D eigenvalue weighted by atomic mass is 9.97. The van der Waals surface area contributed by atoms with Crippen LogP contribution in [0.15, 0.2) is 51.7 Å². The summed E-state index contributed by atoms with van der Waals surface area (Å²) in [5.74, 6) is 0.307. The van der Waals surface area contributed by atoms with Crippen LogP contribution in [0.2, 0.25) is 0 Å². The zero-order valence-corrected chi connectivity index (χ0v) is 16.8. The average molecular weight is 380 g/mol. The zero-order chi connectivity index (χ0) is 20.5. The predicted molar refractivity (Wildman–Crippen MR) is 109 cm³/mol. The number of esters is 1. The smallest absolute Gasteiger partial charge is 0.316 e. The number of carbonyl (C=O) groups is 1. The average Bonchev–Trinajstić information content (AvgIpc) is 2.69. The summed E-state index contributed by atoms with van der Waals surface area (Å²) >= 11 is 0. The van der Waals surface area contributed by atoms with Crippen LogP contribution in [0, 0.1) is 5.41 Å². The second kappa shape index (κ2) is 7.50. The maximum atomic E-state index is 13.2. The molecule has 0 fully saturated rings. The van der Waals surface area contributed by atoms with Gasteiger partial charge in [-0.25, -0.2) is 0 Å². The van der Waals surface area contributed by atoms with Crippen LogP contribution in [-0.2, 0) is 11.2 Å². The topological polar surface area (TPSA) is 65.7 Å². The molecular weight excluding hydrogens is 356 g/mol. The van der Waals surface area contributed by atoms with Crippen LogP contribution < -0.4 is 14.9 Å². The van der Waals surface area contributed by atoms with Crippen LogP contribution in [0.1, 0.15) is 33.3 Å². The Hall–Kier alpha value is -3.08. The molecule has 5 heteroatoms. The molecule has 3 rings (SSSR count). The third kappa shape index (κ3) is 3.79. The summed E-state index contributed by atoms with van der Waals surface area (Å²) in [6.45, 7) is 7.22. The molecule has 146 valence electrons. The molecule has 0 radical (unpaired) electrons. The van der Waals surface area contributed by atoms with Crippen LogP contribution in [0.3, 0.4) is 0 Å². The Morgan fingerprint density at radius 1 is 1.07 bits per heavy atom. The highest BCUT2D eigenvalue weighted by molar-refractivity contribution is 5.86. The molecule has 0 unspecified atom stereocenters. The summed E-state index contributed by atoms with van der Waals surface area (Å²) in [7, 11) is 1.58. The van der Waals surface area contributed by atoms with Crippen molar-refractivity contribution in [1.82, 2.24) is 0 Å². The van der Waals surface area contributed by atoms with Crippen molar-refractivity contribution in [3.63, 3.8) is 0 Å². The second-order valence-electron chi connectivity index (χ2n) is 7.64. The lowest BCUT2D eigenvalue weighted by molar-refractivity contribution is -0.143. The minimum absolute atomic E-state index is 0.0918. The summed E-state index contributed by atoms with van der Waals surface area (Å²) in [5.41, 5.74) is 0.953. The largest absolute Gasteiger partial charge is 0.497 e. The Morgan fingerprint density at radius 2 is 1.75 bits per heavy atom. The van der Waals surface area contributed by atoms with Crippen molar-refractivity contribution in [2.24, 2.45) is 5.41 Å². The SMILES string of the molecule is CCc1ccc2oc(-c3ccc(OC)cc3)c(OC(=O)C(C)(C)C)c(=O)c2c1. The van der Waals surface area contributed by atoms with E-state index in [4.69, 9.17) is 13.9 Å². The number of hydrogen-bond donors (Lipinski definition) is 0. The van der Waals surface area contributed by atoms with Gasteiger partial charge in [-0.2, -0.15) is 0 Å². The first-order chi connectivity index (χ1) is 13.2. The van der Waals surface area contributed by atoms with E-state index < -0.39 is 11.4 Å². The van der Waals surface area contributed by atoms with E-state index in [1.54, 1.807) is 64.3 Å². The highest BCUT2D eigenvalue weighted by atomic mass is 16.5. The fraction of sp³-hybridized carbons (Fsp3) is 0.304. The summed E-state index contributed by atoms with van der Waals surface area (Å²) in [4.78, 5) is 25.7. The van der Waals surface area contributed by atoms with E-state index in [0.717, 1.165) is 12.0 Å². The number of aryl methyl sites for hydroxylation is 1. The van der Waals surface area contributed by atoms with Gasteiger partial charge < -0.3 is 13.9 Å². The summed E-state index contributed by atoms with van der Waals surface area (Å²) in [5, 5.41) is 0.397. The van der Waals surface area contributed by atoms with E-state index in [0.29, 0.717) is 22.3 Å². The maximum Gasteiger partial charge on any atom is 0.316 e. The first kappa shape index (κ1) is 19.7. The Labute approximate surface area is 163 Å². The molecule has 0 bridgehead atoms. The molecule has 0 aliphatic heterocycles. The van der Waals surface area contributed by atoms with Crippen molar-refractivity contribution in [3.05, 3.63) is 58.3 Å². The first-order valence-corrected chi connectivity index (χ1v) is 9.21. The van der Waals surface area contributed by atoms with Gasteiger partial charge in [0.05, 0.1) is 17.9 Å². The summed E-state index contributed by atoms with van der Waals surface area (Å²) in [6, 6.07) is 12.5. The van der Waals surface area contributed by atoms with Crippen molar-refractivity contribution in [2.75, 3.05) is 7.11 Å². The molecule has 0 saturated carbocycles. The fourth-order valence-electron chi connectivity index (χ4n) is 2.72. The van der Waals surface area contributed by atoms with Gasteiger partial charge in [0.15, 0.2) is 5.76 Å². The summed E-state index contributed by atoms with van der Waals surface area (Å²) < 4.78 is 16.8. The van der Waals surface area contributed by atoms with E-state index in [2.05, 4.69) is 0 Å². The van der Waals surface area contributed by atoms with Crippen molar-refractivity contribution in [2.45, 2.75) is 34.1 Å². The fourth-order valence-corrected chi connectivity index (χ4v) is 2.72. The van der Waals surface area contributed by atoms with Crippen LogP contribution in [0.5, 0.6) is 11.5 Å². The molecule has 0 aliphatic carbocycles. The van der Waals surface area contributed by atoms with Crippen LogP contribution in [-0.4, -0.2) is 13.1 Å². The van der Waals surface area contributed by atoms with Gasteiger partial charge in [0.2, 0.25) is 11.2 Å². The van der Waals surface area contributed by atoms with Crippen LogP contribution in [0.25, 0.3) is 22.3 Å². The van der Waals surface area contributed by atoms with E-state index in [1.807, 2.05) is 13.0 Å². The van der Waals surface area contributed by atoms with Crippen LogP contribution in [0.4, 0.5) is 0 Å². The highest BCUT2D eigenvalue weighted by Crippen LogP contribution is 2.33. The summed E-state index contributed by atoms with van der Waals surface area (Å²) in [6.07, 6.45) is 0.784. The third-order valence-corrected chi connectivity index (χ3v) is 4.48. The molecule has 0 aliphatic rings. The lowest BCUT2D eigenvalue weighted by Gasteiger charge is -2.18. The quantitative estimate of drug-likeness (QED) is 0.597. The van der Waals surface area contributed by atoms with E-state index in [1.165, 1.54) is 0 Å². The van der Waals surface area contributed by atoms with E-state index in [-0.39, 0.29) is 16.9 Å². The van der Waals surface area contributed by atoms with Gasteiger partial charge in [0.1, 0.15) is 11.3 Å². The molecule has 0 spiro atoms. The third-order valence-electron chi connectivity index (χ3n) is 4.48. The van der Waals surface area contributed by atoms with Crippen molar-refractivity contribution >= 4 is 16.9 Å². The van der Waals surface area contributed by atoms with Gasteiger partial charge in [-0.1, -0.05) is 13.0 Å². The van der Waals surface area contributed by atoms with E-state index >= 15 is 0 Å². The predicted octanol–water partition coefficient (Wildman–Crippen LogP) is 4.98. The normalized spacial score (nSPS) is 11.5. The monoisotopic (exact) mass is 380 g/mol. The van der Waals surface area contributed by atoms with Crippen molar-refractivity contribution in [3.8, 4) is 22.8 Å². The van der Waals surface area contributed by atoms with Crippen LogP contribution >= 0.6 is 0 Å². The number of fused-ring (bicyclic) bond motifs is 1.